The predicted octanol–water partition coefficient (Wildman–Crippen LogP) is 2.27. The average molecular weight is 223 g/mol. The molecule has 0 aromatic rings. The van der Waals surface area contributed by atoms with Crippen LogP contribution in [-0.4, -0.2) is 30.1 Å². The van der Waals surface area contributed by atoms with Crippen molar-refractivity contribution in [3.8, 4) is 6.07 Å². The lowest BCUT2D eigenvalue weighted by Crippen LogP contribution is -2.34. The van der Waals surface area contributed by atoms with Crippen LogP contribution < -0.4 is 5.73 Å². The van der Waals surface area contributed by atoms with Crippen molar-refractivity contribution < 1.29 is 0 Å². The van der Waals surface area contributed by atoms with E-state index >= 15 is 0 Å². The van der Waals surface area contributed by atoms with Gasteiger partial charge < -0.3 is 10.6 Å². The number of hydrogen-bond donors (Lipinski definition) is 1. The van der Waals surface area contributed by atoms with E-state index in [2.05, 4.69) is 18.0 Å². The maximum atomic E-state index is 8.79. The van der Waals surface area contributed by atoms with Crippen molar-refractivity contribution in [2.45, 2.75) is 63.5 Å². The van der Waals surface area contributed by atoms with Crippen molar-refractivity contribution in [3.63, 3.8) is 0 Å². The van der Waals surface area contributed by atoms with Crippen LogP contribution >= 0.6 is 0 Å². The summed E-state index contributed by atoms with van der Waals surface area (Å²) in [7, 11) is 2.22. The Balaban J connectivity index is 2.09. The summed E-state index contributed by atoms with van der Waals surface area (Å²) in [6, 6.07) is 2.95. The van der Waals surface area contributed by atoms with Crippen molar-refractivity contribution in [1.29, 1.82) is 5.26 Å². The first-order chi connectivity index (χ1) is 7.55. The Labute approximate surface area is 99.6 Å². The summed E-state index contributed by atoms with van der Waals surface area (Å²) in [5, 5.41) is 8.79. The molecule has 0 aromatic heterocycles. The Bertz CT molecular complexity index is 236. The fourth-order valence-electron chi connectivity index (χ4n) is 2.44. The SMILES string of the molecule is CN(CCCCC(C)(N)C#N)C1CCCC1. The molecule has 0 heterocycles. The summed E-state index contributed by atoms with van der Waals surface area (Å²) >= 11 is 0. The van der Waals surface area contributed by atoms with Crippen LogP contribution in [0.2, 0.25) is 0 Å². The van der Waals surface area contributed by atoms with E-state index in [0.29, 0.717) is 0 Å². The number of hydrogen-bond acceptors (Lipinski definition) is 3. The standard InChI is InChI=1S/C13H25N3/c1-13(15,11-14)9-5-6-10-16(2)12-7-3-4-8-12/h12H,3-10,15H2,1-2H3. The van der Waals surface area contributed by atoms with E-state index in [-0.39, 0.29) is 0 Å². The van der Waals surface area contributed by atoms with E-state index in [1.165, 1.54) is 25.7 Å². The van der Waals surface area contributed by atoms with Gasteiger partial charge in [-0.2, -0.15) is 5.26 Å². The van der Waals surface area contributed by atoms with Gasteiger partial charge in [0.25, 0.3) is 0 Å². The highest BCUT2D eigenvalue weighted by molar-refractivity contribution is 5.00. The minimum atomic E-state index is -0.633. The maximum absolute atomic E-state index is 8.79. The first-order valence-corrected chi connectivity index (χ1v) is 6.45. The van der Waals surface area contributed by atoms with Crippen LogP contribution in [0.4, 0.5) is 0 Å². The number of nitriles is 1. The molecule has 0 radical (unpaired) electrons. The van der Waals surface area contributed by atoms with Gasteiger partial charge in [0.1, 0.15) is 5.54 Å². The lowest BCUT2D eigenvalue weighted by Gasteiger charge is -2.24. The van der Waals surface area contributed by atoms with Gasteiger partial charge in [0.15, 0.2) is 0 Å². The molecule has 3 nitrogen and oxygen atoms in total. The van der Waals surface area contributed by atoms with Crippen molar-refractivity contribution in [2.75, 3.05) is 13.6 Å². The van der Waals surface area contributed by atoms with E-state index in [4.69, 9.17) is 11.0 Å². The molecule has 0 bridgehead atoms. The van der Waals surface area contributed by atoms with Gasteiger partial charge in [-0.1, -0.05) is 12.8 Å². The first kappa shape index (κ1) is 13.5. The molecular formula is C13H25N3. The normalized spacial score (nSPS) is 20.9. The smallest absolute Gasteiger partial charge is 0.101 e. The average Bonchev–Trinajstić information content (AvgIpc) is 2.77. The maximum Gasteiger partial charge on any atom is 0.101 e. The Morgan fingerprint density at radius 3 is 2.56 bits per heavy atom. The molecule has 1 fully saturated rings. The highest BCUT2D eigenvalue weighted by Crippen LogP contribution is 2.22. The minimum Gasteiger partial charge on any atom is -0.314 e. The zero-order chi connectivity index (χ0) is 12.0. The summed E-state index contributed by atoms with van der Waals surface area (Å²) in [5.41, 5.74) is 5.15. The van der Waals surface area contributed by atoms with Crippen LogP contribution in [0.15, 0.2) is 0 Å². The second-order valence-electron chi connectivity index (χ2n) is 5.41. The number of nitrogens with two attached hydrogens (primary N) is 1. The van der Waals surface area contributed by atoms with Crippen molar-refractivity contribution in [2.24, 2.45) is 5.73 Å². The lowest BCUT2D eigenvalue weighted by molar-refractivity contribution is 0.238. The second kappa shape index (κ2) is 6.22. The largest absolute Gasteiger partial charge is 0.314 e. The van der Waals surface area contributed by atoms with Crippen LogP contribution in [0.1, 0.15) is 51.9 Å². The summed E-state index contributed by atoms with van der Waals surface area (Å²) in [4.78, 5) is 2.48. The van der Waals surface area contributed by atoms with E-state index < -0.39 is 5.54 Å². The Morgan fingerprint density at radius 1 is 1.38 bits per heavy atom. The Hall–Kier alpha value is -0.590. The summed E-state index contributed by atoms with van der Waals surface area (Å²) in [6.45, 7) is 2.96. The molecule has 1 aliphatic carbocycles. The molecule has 1 atom stereocenters. The van der Waals surface area contributed by atoms with Crippen LogP contribution in [0.25, 0.3) is 0 Å². The van der Waals surface area contributed by atoms with Crippen LogP contribution in [0.5, 0.6) is 0 Å². The third-order valence-electron chi connectivity index (χ3n) is 3.66. The quantitative estimate of drug-likeness (QED) is 0.703. The molecule has 1 unspecified atom stereocenters. The van der Waals surface area contributed by atoms with E-state index in [0.717, 1.165) is 31.8 Å². The summed E-state index contributed by atoms with van der Waals surface area (Å²) in [6.07, 6.45) is 8.53. The molecule has 1 aliphatic rings. The van der Waals surface area contributed by atoms with Crippen LogP contribution in [-0.2, 0) is 0 Å². The number of nitrogens with zero attached hydrogens (tertiary/aromatic N) is 2. The van der Waals surface area contributed by atoms with Gasteiger partial charge >= 0.3 is 0 Å². The van der Waals surface area contributed by atoms with Crippen molar-refractivity contribution in [3.05, 3.63) is 0 Å². The van der Waals surface area contributed by atoms with Crippen molar-refractivity contribution >= 4 is 0 Å². The second-order valence-corrected chi connectivity index (χ2v) is 5.41. The zero-order valence-corrected chi connectivity index (χ0v) is 10.7. The molecule has 0 saturated heterocycles. The Morgan fingerprint density at radius 2 is 2.00 bits per heavy atom. The fourth-order valence-corrected chi connectivity index (χ4v) is 2.44. The van der Waals surface area contributed by atoms with Gasteiger partial charge in [-0.25, -0.2) is 0 Å². The molecular weight excluding hydrogens is 198 g/mol. The minimum absolute atomic E-state index is 0.633. The van der Waals surface area contributed by atoms with E-state index in [1.807, 2.05) is 6.92 Å². The third kappa shape index (κ3) is 4.51. The van der Waals surface area contributed by atoms with Gasteiger partial charge in [0, 0.05) is 6.04 Å². The molecule has 92 valence electrons. The molecule has 16 heavy (non-hydrogen) atoms. The molecule has 0 amide bonds. The fraction of sp³-hybridized carbons (Fsp3) is 0.923. The van der Waals surface area contributed by atoms with Crippen molar-refractivity contribution in [1.82, 2.24) is 4.90 Å². The molecule has 1 rings (SSSR count). The van der Waals surface area contributed by atoms with Crippen LogP contribution in [0.3, 0.4) is 0 Å². The molecule has 1 saturated carbocycles. The van der Waals surface area contributed by atoms with Gasteiger partial charge in [-0.3, -0.25) is 0 Å². The zero-order valence-electron chi connectivity index (χ0n) is 10.7. The van der Waals surface area contributed by atoms with Gasteiger partial charge in [-0.15, -0.1) is 0 Å². The summed E-state index contributed by atoms with van der Waals surface area (Å²) < 4.78 is 0. The van der Waals surface area contributed by atoms with E-state index in [9.17, 15) is 0 Å². The van der Waals surface area contributed by atoms with Crippen LogP contribution in [0, 0.1) is 11.3 Å². The monoisotopic (exact) mass is 223 g/mol. The first-order valence-electron chi connectivity index (χ1n) is 6.45. The lowest BCUT2D eigenvalue weighted by atomic mass is 9.98. The highest BCUT2D eigenvalue weighted by atomic mass is 15.1. The predicted molar refractivity (Wildman–Crippen MR) is 66.9 cm³/mol. The molecule has 0 aliphatic heterocycles. The summed E-state index contributed by atoms with van der Waals surface area (Å²) in [5.74, 6) is 0. The Kier molecular flexibility index (Phi) is 5.24. The molecule has 3 heteroatoms. The molecule has 2 N–H and O–H groups in total. The topological polar surface area (TPSA) is 53.0 Å². The van der Waals surface area contributed by atoms with Gasteiger partial charge in [-0.05, 0) is 52.6 Å². The number of rotatable bonds is 6. The van der Waals surface area contributed by atoms with Gasteiger partial charge in [0.05, 0.1) is 6.07 Å². The molecule has 0 spiro atoms. The third-order valence-corrected chi connectivity index (χ3v) is 3.66. The molecule has 0 aromatic carbocycles. The number of unbranched alkanes of at least 4 members (excludes halogenated alkanes) is 1. The van der Waals surface area contributed by atoms with Gasteiger partial charge in [0.2, 0.25) is 0 Å². The highest BCUT2D eigenvalue weighted by Gasteiger charge is 2.20. The van der Waals surface area contributed by atoms with E-state index in [1.54, 1.807) is 0 Å².